The van der Waals surface area contributed by atoms with Gasteiger partial charge in [0.15, 0.2) is 0 Å². The quantitative estimate of drug-likeness (QED) is 0.669. The van der Waals surface area contributed by atoms with E-state index in [0.717, 1.165) is 0 Å². The van der Waals surface area contributed by atoms with Crippen LogP contribution in [0.2, 0.25) is 5.02 Å². The van der Waals surface area contributed by atoms with Gasteiger partial charge in [0.2, 0.25) is 5.95 Å². The van der Waals surface area contributed by atoms with Crippen molar-refractivity contribution in [2.24, 2.45) is 5.10 Å². The molecule has 0 atom stereocenters. The Bertz CT molecular complexity index is 663. The molecule has 19 heavy (non-hydrogen) atoms. The van der Waals surface area contributed by atoms with Gasteiger partial charge in [-0.25, -0.2) is 14.8 Å². The van der Waals surface area contributed by atoms with Crippen LogP contribution in [0.15, 0.2) is 34.2 Å². The van der Waals surface area contributed by atoms with Gasteiger partial charge >= 0.3 is 0 Å². The molecule has 0 aliphatic rings. The van der Waals surface area contributed by atoms with Crippen molar-refractivity contribution < 1.29 is 4.39 Å². The maximum atomic E-state index is 13.4. The van der Waals surface area contributed by atoms with Gasteiger partial charge in [-0.05, 0) is 19.1 Å². The molecule has 0 aliphatic heterocycles. The first-order valence-electron chi connectivity index (χ1n) is 5.37. The van der Waals surface area contributed by atoms with Crippen LogP contribution in [0.1, 0.15) is 11.3 Å². The molecule has 0 aliphatic carbocycles. The van der Waals surface area contributed by atoms with E-state index in [0.29, 0.717) is 5.69 Å². The van der Waals surface area contributed by atoms with E-state index in [1.165, 1.54) is 24.4 Å². The zero-order valence-electron chi connectivity index (χ0n) is 9.95. The Labute approximate surface area is 113 Å². The van der Waals surface area contributed by atoms with Gasteiger partial charge in [0.05, 0.1) is 11.2 Å². The summed E-state index contributed by atoms with van der Waals surface area (Å²) in [5.41, 5.74) is 2.92. The number of halogens is 2. The molecule has 0 fully saturated rings. The smallest absolute Gasteiger partial charge is 0.252 e. The Morgan fingerprint density at radius 3 is 3.00 bits per heavy atom. The van der Waals surface area contributed by atoms with E-state index in [1.807, 2.05) is 0 Å². The third-order valence-electron chi connectivity index (χ3n) is 2.23. The number of hydrogen-bond donors (Lipinski definition) is 2. The van der Waals surface area contributed by atoms with Crippen LogP contribution in [-0.4, -0.2) is 16.2 Å². The van der Waals surface area contributed by atoms with E-state index in [4.69, 9.17) is 11.6 Å². The lowest BCUT2D eigenvalue weighted by Crippen LogP contribution is -2.10. The minimum atomic E-state index is -0.483. The van der Waals surface area contributed by atoms with Crippen LogP contribution in [-0.2, 0) is 0 Å². The lowest BCUT2D eigenvalue weighted by molar-refractivity contribution is 0.626. The fraction of sp³-hybridized carbons (Fsp3) is 0.0833. The Morgan fingerprint density at radius 1 is 1.53 bits per heavy atom. The second kappa shape index (κ2) is 5.62. The first kappa shape index (κ1) is 13.2. The topological polar surface area (TPSA) is 70.1 Å². The predicted octanol–water partition coefficient (Wildman–Crippen LogP) is 2.32. The Balaban J connectivity index is 2.18. The standard InChI is InChI=1S/C12H10ClFN4O/c1-7-5-11(19)17-12(16-7)18-15-6-8-9(13)3-2-4-10(8)14/h2-6H,1H3,(H2,16,17,18,19)/b15-6-. The Morgan fingerprint density at radius 2 is 2.32 bits per heavy atom. The zero-order valence-corrected chi connectivity index (χ0v) is 10.7. The van der Waals surface area contributed by atoms with Crippen molar-refractivity contribution in [3.05, 3.63) is 56.7 Å². The van der Waals surface area contributed by atoms with Crippen LogP contribution in [0.3, 0.4) is 0 Å². The van der Waals surface area contributed by atoms with Crippen molar-refractivity contribution in [1.29, 1.82) is 0 Å². The molecule has 0 bridgehead atoms. The summed E-state index contributed by atoms with van der Waals surface area (Å²) in [4.78, 5) is 17.6. The highest BCUT2D eigenvalue weighted by molar-refractivity contribution is 6.33. The van der Waals surface area contributed by atoms with Crippen molar-refractivity contribution in [3.8, 4) is 0 Å². The van der Waals surface area contributed by atoms with Gasteiger partial charge < -0.3 is 0 Å². The summed E-state index contributed by atoms with van der Waals surface area (Å²) in [6.45, 7) is 1.68. The second-order valence-corrected chi connectivity index (χ2v) is 4.15. The van der Waals surface area contributed by atoms with Gasteiger partial charge in [-0.15, -0.1) is 0 Å². The Kier molecular flexibility index (Phi) is 3.91. The van der Waals surface area contributed by atoms with Crippen molar-refractivity contribution in [3.63, 3.8) is 0 Å². The van der Waals surface area contributed by atoms with Crippen LogP contribution in [0, 0.1) is 12.7 Å². The molecular weight excluding hydrogens is 271 g/mol. The van der Waals surface area contributed by atoms with Crippen molar-refractivity contribution >= 4 is 23.8 Å². The van der Waals surface area contributed by atoms with E-state index in [2.05, 4.69) is 20.5 Å². The van der Waals surface area contributed by atoms with E-state index >= 15 is 0 Å². The molecular formula is C12H10ClFN4O. The number of nitrogens with zero attached hydrogens (tertiary/aromatic N) is 2. The number of aromatic nitrogens is 2. The predicted molar refractivity (Wildman–Crippen MR) is 72.2 cm³/mol. The molecule has 1 aromatic heterocycles. The van der Waals surface area contributed by atoms with E-state index in [9.17, 15) is 9.18 Å². The fourth-order valence-corrected chi connectivity index (χ4v) is 1.64. The largest absolute Gasteiger partial charge is 0.291 e. The van der Waals surface area contributed by atoms with Crippen molar-refractivity contribution in [2.45, 2.75) is 6.92 Å². The first-order valence-corrected chi connectivity index (χ1v) is 5.75. The lowest BCUT2D eigenvalue weighted by atomic mass is 10.2. The van der Waals surface area contributed by atoms with Gasteiger partial charge in [0.1, 0.15) is 5.82 Å². The summed E-state index contributed by atoms with van der Waals surface area (Å²) in [6, 6.07) is 5.68. The van der Waals surface area contributed by atoms with Crippen LogP contribution < -0.4 is 11.0 Å². The molecule has 0 radical (unpaired) electrons. The monoisotopic (exact) mass is 280 g/mol. The zero-order chi connectivity index (χ0) is 13.8. The average Bonchev–Trinajstić information content (AvgIpc) is 2.32. The number of hydrogen-bond acceptors (Lipinski definition) is 4. The molecule has 2 aromatic rings. The maximum Gasteiger partial charge on any atom is 0.252 e. The van der Waals surface area contributed by atoms with E-state index in [-0.39, 0.29) is 22.1 Å². The molecule has 0 spiro atoms. The number of aryl methyl sites for hydroxylation is 1. The normalized spacial score (nSPS) is 10.9. The highest BCUT2D eigenvalue weighted by Crippen LogP contribution is 2.16. The highest BCUT2D eigenvalue weighted by Gasteiger charge is 2.03. The molecule has 0 saturated carbocycles. The number of aromatic amines is 1. The van der Waals surface area contributed by atoms with Crippen LogP contribution in [0.4, 0.5) is 10.3 Å². The number of benzene rings is 1. The minimum Gasteiger partial charge on any atom is -0.291 e. The van der Waals surface area contributed by atoms with Crippen molar-refractivity contribution in [2.75, 3.05) is 5.43 Å². The molecule has 2 rings (SSSR count). The van der Waals surface area contributed by atoms with Gasteiger partial charge in [-0.2, -0.15) is 5.10 Å². The summed E-state index contributed by atoms with van der Waals surface area (Å²) in [5, 5.41) is 4.03. The summed E-state index contributed by atoms with van der Waals surface area (Å²) in [7, 11) is 0. The molecule has 2 N–H and O–H groups in total. The summed E-state index contributed by atoms with van der Waals surface area (Å²) in [6.07, 6.45) is 1.22. The average molecular weight is 281 g/mol. The number of H-pyrrole nitrogens is 1. The van der Waals surface area contributed by atoms with Gasteiger partial charge in [-0.1, -0.05) is 17.7 Å². The maximum absolute atomic E-state index is 13.4. The Hall–Kier alpha value is -2.21. The first-order chi connectivity index (χ1) is 9.06. The second-order valence-electron chi connectivity index (χ2n) is 3.74. The van der Waals surface area contributed by atoms with Crippen LogP contribution in [0.25, 0.3) is 0 Å². The van der Waals surface area contributed by atoms with E-state index < -0.39 is 5.82 Å². The molecule has 0 amide bonds. The molecule has 0 unspecified atom stereocenters. The molecule has 98 valence electrons. The van der Waals surface area contributed by atoms with Crippen LogP contribution in [0.5, 0.6) is 0 Å². The number of rotatable bonds is 3. The van der Waals surface area contributed by atoms with Gasteiger partial charge in [0, 0.05) is 17.3 Å². The number of nitrogens with one attached hydrogen (secondary N) is 2. The van der Waals surface area contributed by atoms with Gasteiger partial charge in [0.25, 0.3) is 5.56 Å². The molecule has 1 heterocycles. The third-order valence-corrected chi connectivity index (χ3v) is 2.56. The number of anilines is 1. The summed E-state index contributed by atoms with van der Waals surface area (Å²) >= 11 is 5.83. The number of hydrazone groups is 1. The lowest BCUT2D eigenvalue weighted by Gasteiger charge is -2.01. The summed E-state index contributed by atoms with van der Waals surface area (Å²) in [5.74, 6) is -0.308. The molecule has 0 saturated heterocycles. The third kappa shape index (κ3) is 3.38. The fourth-order valence-electron chi connectivity index (χ4n) is 1.42. The highest BCUT2D eigenvalue weighted by atomic mass is 35.5. The molecule has 7 heteroatoms. The molecule has 1 aromatic carbocycles. The summed E-state index contributed by atoms with van der Waals surface area (Å²) < 4.78 is 13.4. The SMILES string of the molecule is Cc1cc(=O)[nH]c(N/N=C\c2c(F)cccc2Cl)n1. The van der Waals surface area contributed by atoms with Gasteiger partial charge in [-0.3, -0.25) is 9.78 Å². The van der Waals surface area contributed by atoms with Crippen LogP contribution >= 0.6 is 11.6 Å². The van der Waals surface area contributed by atoms with E-state index in [1.54, 1.807) is 13.0 Å². The molecule has 5 nitrogen and oxygen atoms in total. The minimum absolute atomic E-state index is 0.159. The van der Waals surface area contributed by atoms with Crippen molar-refractivity contribution in [1.82, 2.24) is 9.97 Å².